The smallest absolute Gasteiger partial charge is 0.210 e. The Morgan fingerprint density at radius 3 is 2.95 bits per heavy atom. The molecule has 0 spiro atoms. The van der Waals surface area contributed by atoms with Gasteiger partial charge in [0.15, 0.2) is 5.82 Å². The van der Waals surface area contributed by atoms with Crippen molar-refractivity contribution in [2.75, 3.05) is 12.5 Å². The Kier molecular flexibility index (Phi) is 3.10. The van der Waals surface area contributed by atoms with E-state index in [9.17, 15) is 0 Å². The number of nitrogens with one attached hydrogen (secondary N) is 1. The van der Waals surface area contributed by atoms with Crippen LogP contribution in [0, 0.1) is 0 Å². The van der Waals surface area contributed by atoms with E-state index in [2.05, 4.69) is 29.5 Å². The van der Waals surface area contributed by atoms with Crippen LogP contribution in [-0.4, -0.2) is 33.3 Å². The van der Waals surface area contributed by atoms with E-state index >= 15 is 0 Å². The molecule has 0 saturated heterocycles. The second-order valence-corrected chi connectivity index (χ2v) is 5.96. The Hall–Kier alpha value is -1.69. The number of aromatic nitrogens is 3. The monoisotopic (exact) mass is 276 g/mol. The van der Waals surface area contributed by atoms with Gasteiger partial charge in [0.25, 0.3) is 0 Å². The Balaban J connectivity index is 2.02. The van der Waals surface area contributed by atoms with Gasteiger partial charge in [-0.25, -0.2) is 4.68 Å². The van der Waals surface area contributed by atoms with Gasteiger partial charge in [-0.2, -0.15) is 0 Å². The molecule has 0 fully saturated rings. The van der Waals surface area contributed by atoms with E-state index in [-0.39, 0.29) is 0 Å². The van der Waals surface area contributed by atoms with Gasteiger partial charge in [-0.15, -0.1) is 10.2 Å². The summed E-state index contributed by atoms with van der Waals surface area (Å²) < 4.78 is 7.21. The maximum absolute atomic E-state index is 5.25. The van der Waals surface area contributed by atoms with Crippen LogP contribution in [0.15, 0.2) is 29.4 Å². The largest absolute Gasteiger partial charge is 0.497 e. The molecule has 5 nitrogen and oxygen atoms in total. The topological polar surface area (TPSA) is 52.0 Å². The second-order valence-electron chi connectivity index (χ2n) is 4.61. The molecule has 19 heavy (non-hydrogen) atoms. The van der Waals surface area contributed by atoms with Crippen LogP contribution in [0.25, 0.3) is 11.4 Å². The predicted octanol–water partition coefficient (Wildman–Crippen LogP) is 2.38. The number of fused-ring (bicyclic) bond motifs is 1. The maximum atomic E-state index is 5.25. The highest BCUT2D eigenvalue weighted by atomic mass is 32.2. The van der Waals surface area contributed by atoms with E-state index in [1.807, 2.05) is 28.9 Å². The van der Waals surface area contributed by atoms with E-state index in [0.29, 0.717) is 11.3 Å². The number of ether oxygens (including phenoxy) is 1. The van der Waals surface area contributed by atoms with Crippen LogP contribution < -0.4 is 10.2 Å². The minimum absolute atomic E-state index is 0.373. The fourth-order valence-corrected chi connectivity index (χ4v) is 2.92. The van der Waals surface area contributed by atoms with Crippen LogP contribution in [-0.2, 0) is 0 Å². The lowest BCUT2D eigenvalue weighted by atomic mass is 10.2. The molecule has 0 bridgehead atoms. The average molecular weight is 276 g/mol. The lowest BCUT2D eigenvalue weighted by molar-refractivity contribution is 0.415. The first-order valence-electron chi connectivity index (χ1n) is 6.22. The molecule has 1 aliphatic rings. The van der Waals surface area contributed by atoms with Gasteiger partial charge in [0.2, 0.25) is 5.16 Å². The van der Waals surface area contributed by atoms with Crippen molar-refractivity contribution in [1.29, 1.82) is 0 Å². The van der Waals surface area contributed by atoms with E-state index in [1.54, 1.807) is 18.9 Å². The zero-order valence-electron chi connectivity index (χ0n) is 11.1. The van der Waals surface area contributed by atoms with Crippen molar-refractivity contribution < 1.29 is 4.74 Å². The Bertz CT molecular complexity index is 598. The molecule has 2 aromatic rings. The highest BCUT2D eigenvalue weighted by Crippen LogP contribution is 2.32. The first-order chi connectivity index (χ1) is 9.19. The number of nitrogens with zero attached hydrogens (tertiary/aromatic N) is 3. The molecule has 2 heterocycles. The summed E-state index contributed by atoms with van der Waals surface area (Å²) in [6.07, 6.45) is 0. The lowest BCUT2D eigenvalue weighted by Crippen LogP contribution is -2.37. The van der Waals surface area contributed by atoms with Crippen molar-refractivity contribution in [3.05, 3.63) is 24.3 Å². The van der Waals surface area contributed by atoms with Crippen molar-refractivity contribution in [3.8, 4) is 17.1 Å². The molecular formula is C13H16N4OS. The molecule has 0 saturated carbocycles. The van der Waals surface area contributed by atoms with Gasteiger partial charge in [-0.05, 0) is 19.1 Å². The fourth-order valence-electron chi connectivity index (χ4n) is 1.99. The third-order valence-corrected chi connectivity index (χ3v) is 4.54. The molecule has 0 radical (unpaired) electrons. The van der Waals surface area contributed by atoms with E-state index in [1.165, 1.54) is 0 Å². The number of hydrogen-bond donors (Lipinski definition) is 1. The summed E-state index contributed by atoms with van der Waals surface area (Å²) in [5.41, 5.74) is 4.42. The fraction of sp³-hybridized carbons (Fsp3) is 0.385. The molecular weight excluding hydrogens is 260 g/mol. The van der Waals surface area contributed by atoms with Crippen LogP contribution in [0.5, 0.6) is 5.75 Å². The number of benzene rings is 1. The SMILES string of the molecule is COc1cccc(-c2nnc3n2NC(C)C(C)S3)c1. The second kappa shape index (κ2) is 4.77. The van der Waals surface area contributed by atoms with Crippen LogP contribution in [0.2, 0.25) is 0 Å². The van der Waals surface area contributed by atoms with E-state index < -0.39 is 0 Å². The standard InChI is InChI=1S/C13H16N4OS/c1-8-9(2)19-13-15-14-12(17(13)16-8)10-5-4-6-11(7-10)18-3/h4-9,16H,1-3H3. The summed E-state index contributed by atoms with van der Waals surface area (Å²) in [6, 6.07) is 8.22. The average Bonchev–Trinajstić information content (AvgIpc) is 2.82. The van der Waals surface area contributed by atoms with Crippen molar-refractivity contribution in [1.82, 2.24) is 14.9 Å². The molecule has 1 aromatic heterocycles. The molecule has 100 valence electrons. The van der Waals surface area contributed by atoms with Crippen molar-refractivity contribution >= 4 is 11.8 Å². The number of hydrogen-bond acceptors (Lipinski definition) is 5. The summed E-state index contributed by atoms with van der Waals surface area (Å²) in [7, 11) is 1.66. The third kappa shape index (κ3) is 2.16. The molecule has 6 heteroatoms. The van der Waals surface area contributed by atoms with Crippen LogP contribution in [0.1, 0.15) is 13.8 Å². The van der Waals surface area contributed by atoms with Gasteiger partial charge >= 0.3 is 0 Å². The Morgan fingerprint density at radius 1 is 1.32 bits per heavy atom. The van der Waals surface area contributed by atoms with Crippen LogP contribution >= 0.6 is 11.8 Å². The van der Waals surface area contributed by atoms with Gasteiger partial charge in [-0.1, -0.05) is 30.8 Å². The first-order valence-corrected chi connectivity index (χ1v) is 7.10. The van der Waals surface area contributed by atoms with Crippen LogP contribution in [0.3, 0.4) is 0 Å². The van der Waals surface area contributed by atoms with Crippen molar-refractivity contribution in [2.24, 2.45) is 0 Å². The summed E-state index contributed by atoms with van der Waals surface area (Å²) in [6.45, 7) is 4.35. The summed E-state index contributed by atoms with van der Waals surface area (Å²) >= 11 is 1.74. The molecule has 0 aliphatic carbocycles. The highest BCUT2D eigenvalue weighted by Gasteiger charge is 2.26. The van der Waals surface area contributed by atoms with Crippen LogP contribution in [0.4, 0.5) is 0 Å². The summed E-state index contributed by atoms with van der Waals surface area (Å²) in [5.74, 6) is 1.64. The van der Waals surface area contributed by atoms with Crippen molar-refractivity contribution in [2.45, 2.75) is 30.3 Å². The summed E-state index contributed by atoms with van der Waals surface area (Å²) in [5, 5.41) is 9.92. The molecule has 1 aliphatic heterocycles. The Labute approximate surface area is 116 Å². The number of methoxy groups -OCH3 is 1. The maximum Gasteiger partial charge on any atom is 0.210 e. The highest BCUT2D eigenvalue weighted by molar-refractivity contribution is 7.99. The van der Waals surface area contributed by atoms with Gasteiger partial charge in [0.05, 0.1) is 13.2 Å². The zero-order valence-corrected chi connectivity index (χ0v) is 11.9. The number of rotatable bonds is 2. The van der Waals surface area contributed by atoms with Crippen molar-refractivity contribution in [3.63, 3.8) is 0 Å². The quantitative estimate of drug-likeness (QED) is 0.912. The molecule has 3 rings (SSSR count). The van der Waals surface area contributed by atoms with E-state index in [0.717, 1.165) is 22.3 Å². The lowest BCUT2D eigenvalue weighted by Gasteiger charge is -2.28. The minimum Gasteiger partial charge on any atom is -0.497 e. The van der Waals surface area contributed by atoms with E-state index in [4.69, 9.17) is 4.74 Å². The molecule has 2 atom stereocenters. The third-order valence-electron chi connectivity index (χ3n) is 3.29. The molecule has 2 unspecified atom stereocenters. The molecule has 1 N–H and O–H groups in total. The van der Waals surface area contributed by atoms with Gasteiger partial charge in [0, 0.05) is 10.8 Å². The number of thioether (sulfide) groups is 1. The van der Waals surface area contributed by atoms with Gasteiger partial charge < -0.3 is 10.2 Å². The Morgan fingerprint density at radius 2 is 2.16 bits per heavy atom. The van der Waals surface area contributed by atoms with Gasteiger partial charge in [0.1, 0.15) is 5.75 Å². The zero-order chi connectivity index (χ0) is 13.4. The summed E-state index contributed by atoms with van der Waals surface area (Å²) in [4.78, 5) is 0. The van der Waals surface area contributed by atoms with Gasteiger partial charge in [-0.3, -0.25) is 0 Å². The predicted molar refractivity (Wildman–Crippen MR) is 76.2 cm³/mol. The minimum atomic E-state index is 0.373. The molecule has 1 aromatic carbocycles. The molecule has 0 amide bonds. The first kappa shape index (κ1) is 12.3. The normalized spacial score (nSPS) is 21.6.